The molecule has 0 N–H and O–H groups in total. The van der Waals surface area contributed by atoms with Crippen LogP contribution in [0.1, 0.15) is 36.2 Å². The van der Waals surface area contributed by atoms with Gasteiger partial charge in [0.15, 0.2) is 0 Å². The van der Waals surface area contributed by atoms with E-state index >= 15 is 0 Å². The quantitative estimate of drug-likeness (QED) is 0.757. The molecule has 0 atom stereocenters. The first kappa shape index (κ1) is 13.0. The predicted molar refractivity (Wildman–Crippen MR) is 61.4 cm³/mol. The Bertz CT molecular complexity index is 368. The molecule has 1 aromatic carbocycles. The van der Waals surface area contributed by atoms with E-state index in [1.165, 1.54) is 12.1 Å². The third-order valence-electron chi connectivity index (χ3n) is 2.15. The zero-order valence-corrected chi connectivity index (χ0v) is 10.1. The number of rotatable bonds is 4. The summed E-state index contributed by atoms with van der Waals surface area (Å²) in [4.78, 5) is 11.4. The van der Waals surface area contributed by atoms with Crippen LogP contribution < -0.4 is 0 Å². The molecule has 0 saturated heterocycles. The van der Waals surface area contributed by atoms with E-state index < -0.39 is 11.8 Å². The number of ether oxygens (including phenoxy) is 1. The van der Waals surface area contributed by atoms with Crippen LogP contribution in [0.15, 0.2) is 12.1 Å². The lowest BCUT2D eigenvalue weighted by molar-refractivity contribution is 0.0526. The van der Waals surface area contributed by atoms with Gasteiger partial charge in [0.25, 0.3) is 0 Å². The number of halogens is 2. The summed E-state index contributed by atoms with van der Waals surface area (Å²) in [7, 11) is 0. The number of carbonyl (C=O) groups excluding carboxylic acids is 1. The molecule has 4 heteroatoms. The van der Waals surface area contributed by atoms with E-state index in [4.69, 9.17) is 16.3 Å². The van der Waals surface area contributed by atoms with Gasteiger partial charge in [-0.1, -0.05) is 24.9 Å². The molecule has 1 aromatic rings. The number of carbonyl (C=O) groups is 1. The fourth-order valence-corrected chi connectivity index (χ4v) is 1.73. The Morgan fingerprint density at radius 1 is 1.44 bits per heavy atom. The van der Waals surface area contributed by atoms with Crippen LogP contribution >= 0.6 is 11.6 Å². The Hall–Kier alpha value is -1.09. The Morgan fingerprint density at radius 3 is 2.62 bits per heavy atom. The summed E-state index contributed by atoms with van der Waals surface area (Å²) in [5.41, 5.74) is 0.612. The first-order valence-electron chi connectivity index (χ1n) is 5.25. The maximum Gasteiger partial charge on any atom is 0.338 e. The molecule has 1 rings (SSSR count). The van der Waals surface area contributed by atoms with Crippen LogP contribution in [0.25, 0.3) is 0 Å². The third kappa shape index (κ3) is 2.95. The standard InChI is InChI=1S/C12H14ClFO2/c1-3-5-9-10(13)6-8(7-11(9)14)12(15)16-4-2/h6-7H,3-5H2,1-2H3. The van der Waals surface area contributed by atoms with E-state index in [9.17, 15) is 9.18 Å². The molecule has 0 aromatic heterocycles. The van der Waals surface area contributed by atoms with E-state index in [0.717, 1.165) is 6.42 Å². The molecule has 0 spiro atoms. The van der Waals surface area contributed by atoms with Gasteiger partial charge >= 0.3 is 5.97 Å². The minimum Gasteiger partial charge on any atom is -0.462 e. The Kier molecular flexibility index (Phi) is 4.74. The Balaban J connectivity index is 3.04. The van der Waals surface area contributed by atoms with Gasteiger partial charge in [0.2, 0.25) is 0 Å². The van der Waals surface area contributed by atoms with Crippen LogP contribution in [-0.4, -0.2) is 12.6 Å². The molecule has 0 saturated carbocycles. The van der Waals surface area contributed by atoms with E-state index in [1.54, 1.807) is 6.92 Å². The molecule has 0 unspecified atom stereocenters. The first-order valence-corrected chi connectivity index (χ1v) is 5.63. The summed E-state index contributed by atoms with van der Waals surface area (Å²) in [5.74, 6) is -0.997. The topological polar surface area (TPSA) is 26.3 Å². The van der Waals surface area contributed by atoms with Gasteiger partial charge in [-0.3, -0.25) is 0 Å². The zero-order valence-electron chi connectivity index (χ0n) is 9.35. The average Bonchev–Trinajstić information content (AvgIpc) is 2.23. The minimum atomic E-state index is -0.550. The summed E-state index contributed by atoms with van der Waals surface area (Å²) in [6.45, 7) is 3.89. The lowest BCUT2D eigenvalue weighted by Crippen LogP contribution is -2.06. The van der Waals surface area contributed by atoms with Gasteiger partial charge in [0.05, 0.1) is 12.2 Å². The van der Waals surface area contributed by atoms with Crippen molar-refractivity contribution in [2.75, 3.05) is 6.61 Å². The molecular formula is C12H14ClFO2. The van der Waals surface area contributed by atoms with Crippen LogP contribution in [0, 0.1) is 5.82 Å². The van der Waals surface area contributed by atoms with E-state index in [-0.39, 0.29) is 17.2 Å². The van der Waals surface area contributed by atoms with E-state index in [0.29, 0.717) is 12.0 Å². The number of esters is 1. The summed E-state index contributed by atoms with van der Waals surface area (Å²) in [5, 5.41) is 0.282. The van der Waals surface area contributed by atoms with Crippen molar-refractivity contribution in [3.63, 3.8) is 0 Å². The van der Waals surface area contributed by atoms with Crippen molar-refractivity contribution in [3.8, 4) is 0 Å². The highest BCUT2D eigenvalue weighted by Gasteiger charge is 2.14. The number of hydrogen-bond donors (Lipinski definition) is 0. The van der Waals surface area contributed by atoms with Crippen molar-refractivity contribution < 1.29 is 13.9 Å². The molecule has 0 aliphatic heterocycles. The van der Waals surface area contributed by atoms with Crippen molar-refractivity contribution in [1.29, 1.82) is 0 Å². The second-order valence-corrected chi connectivity index (χ2v) is 3.80. The molecule has 88 valence electrons. The van der Waals surface area contributed by atoms with Gasteiger partial charge in [-0.15, -0.1) is 0 Å². The van der Waals surface area contributed by atoms with Crippen molar-refractivity contribution in [3.05, 3.63) is 34.1 Å². The van der Waals surface area contributed by atoms with Crippen LogP contribution in [0.3, 0.4) is 0 Å². The molecule has 2 nitrogen and oxygen atoms in total. The number of benzene rings is 1. The zero-order chi connectivity index (χ0) is 12.1. The van der Waals surface area contributed by atoms with Gasteiger partial charge < -0.3 is 4.74 Å². The summed E-state index contributed by atoms with van der Waals surface area (Å²) >= 11 is 5.91. The van der Waals surface area contributed by atoms with Crippen molar-refractivity contribution in [1.82, 2.24) is 0 Å². The van der Waals surface area contributed by atoms with Crippen LogP contribution in [-0.2, 0) is 11.2 Å². The highest BCUT2D eigenvalue weighted by Crippen LogP contribution is 2.23. The second-order valence-electron chi connectivity index (χ2n) is 3.39. The van der Waals surface area contributed by atoms with Gasteiger partial charge in [-0.2, -0.15) is 0 Å². The molecular weight excluding hydrogens is 231 g/mol. The molecule has 0 radical (unpaired) electrons. The van der Waals surface area contributed by atoms with Crippen LogP contribution in [0.4, 0.5) is 4.39 Å². The number of hydrogen-bond acceptors (Lipinski definition) is 2. The Morgan fingerprint density at radius 2 is 2.12 bits per heavy atom. The molecule has 16 heavy (non-hydrogen) atoms. The van der Waals surface area contributed by atoms with E-state index in [2.05, 4.69) is 0 Å². The third-order valence-corrected chi connectivity index (χ3v) is 2.49. The highest BCUT2D eigenvalue weighted by atomic mass is 35.5. The van der Waals surface area contributed by atoms with Crippen molar-refractivity contribution in [2.24, 2.45) is 0 Å². The SMILES string of the molecule is CCCc1c(F)cc(C(=O)OCC)cc1Cl. The molecule has 0 heterocycles. The molecule has 0 aliphatic carbocycles. The summed E-state index contributed by atoms with van der Waals surface area (Å²) < 4.78 is 18.4. The smallest absolute Gasteiger partial charge is 0.338 e. The first-order chi connectivity index (χ1) is 7.60. The second kappa shape index (κ2) is 5.85. The lowest BCUT2D eigenvalue weighted by Gasteiger charge is -2.07. The maximum atomic E-state index is 13.6. The van der Waals surface area contributed by atoms with Crippen molar-refractivity contribution in [2.45, 2.75) is 26.7 Å². The predicted octanol–water partition coefficient (Wildman–Crippen LogP) is 3.61. The van der Waals surface area contributed by atoms with Gasteiger partial charge in [0.1, 0.15) is 5.82 Å². The van der Waals surface area contributed by atoms with Crippen LogP contribution in [0.2, 0.25) is 5.02 Å². The van der Waals surface area contributed by atoms with Gasteiger partial charge in [-0.05, 0) is 25.5 Å². The molecule has 0 fully saturated rings. The van der Waals surface area contributed by atoms with Crippen molar-refractivity contribution >= 4 is 17.6 Å². The molecule has 0 aliphatic rings. The largest absolute Gasteiger partial charge is 0.462 e. The van der Waals surface area contributed by atoms with Crippen LogP contribution in [0.5, 0.6) is 0 Å². The van der Waals surface area contributed by atoms with Gasteiger partial charge in [0, 0.05) is 10.6 Å². The monoisotopic (exact) mass is 244 g/mol. The normalized spacial score (nSPS) is 10.2. The molecule has 0 bridgehead atoms. The van der Waals surface area contributed by atoms with E-state index in [1.807, 2.05) is 6.92 Å². The lowest BCUT2D eigenvalue weighted by atomic mass is 10.1. The van der Waals surface area contributed by atoms with Gasteiger partial charge in [-0.25, -0.2) is 9.18 Å². The molecule has 0 amide bonds. The minimum absolute atomic E-state index is 0.157. The summed E-state index contributed by atoms with van der Waals surface area (Å²) in [6, 6.07) is 2.63. The summed E-state index contributed by atoms with van der Waals surface area (Å²) in [6.07, 6.45) is 1.36. The maximum absolute atomic E-state index is 13.6. The average molecular weight is 245 g/mol. The fraction of sp³-hybridized carbons (Fsp3) is 0.417. The highest BCUT2D eigenvalue weighted by molar-refractivity contribution is 6.31. The fourth-order valence-electron chi connectivity index (χ4n) is 1.42. The Labute approximate surface area is 99.4 Å².